The lowest BCUT2D eigenvalue weighted by atomic mass is 10.1. The number of amides is 1. The first kappa shape index (κ1) is 24.5. The molecule has 0 saturated carbocycles. The minimum absolute atomic E-state index is 0.0151. The van der Waals surface area contributed by atoms with Crippen molar-refractivity contribution in [1.82, 2.24) is 0 Å². The Hall–Kier alpha value is -3.19. The Balaban J connectivity index is 1.82. The summed E-state index contributed by atoms with van der Waals surface area (Å²) in [6, 6.07) is 13.8. The lowest BCUT2D eigenvalue weighted by molar-refractivity contribution is -0.137. The molecule has 1 N–H and O–H groups in total. The Morgan fingerprint density at radius 2 is 1.67 bits per heavy atom. The summed E-state index contributed by atoms with van der Waals surface area (Å²) in [6.07, 6.45) is -4.63. The Morgan fingerprint density at radius 3 is 2.30 bits per heavy atom. The van der Waals surface area contributed by atoms with Crippen LogP contribution in [0.3, 0.4) is 0 Å². The average Bonchev–Trinajstić information content (AvgIpc) is 2.73. The maximum Gasteiger partial charge on any atom is 0.417 e. The Morgan fingerprint density at radius 1 is 0.970 bits per heavy atom. The fourth-order valence-corrected chi connectivity index (χ4v) is 3.56. The van der Waals surface area contributed by atoms with E-state index in [1.54, 1.807) is 18.2 Å². The molecule has 3 rings (SSSR count). The van der Waals surface area contributed by atoms with E-state index in [0.29, 0.717) is 23.7 Å². The van der Waals surface area contributed by atoms with Crippen LogP contribution in [0.1, 0.15) is 39.5 Å². The second kappa shape index (κ2) is 10.2. The number of carbonyl (C=O) groups is 1. The molecule has 0 spiro atoms. The molecule has 1 amide bonds. The highest BCUT2D eigenvalue weighted by Crippen LogP contribution is 2.36. The van der Waals surface area contributed by atoms with Crippen LogP contribution >= 0.6 is 11.6 Å². The van der Waals surface area contributed by atoms with Crippen LogP contribution in [-0.2, 0) is 12.8 Å². The van der Waals surface area contributed by atoms with Gasteiger partial charge in [-0.1, -0.05) is 17.7 Å². The number of benzene rings is 3. The van der Waals surface area contributed by atoms with Gasteiger partial charge in [0.05, 0.1) is 17.2 Å². The summed E-state index contributed by atoms with van der Waals surface area (Å²) >= 11 is 5.65. The van der Waals surface area contributed by atoms with Gasteiger partial charge in [0, 0.05) is 16.8 Å². The van der Waals surface area contributed by atoms with Crippen molar-refractivity contribution in [2.45, 2.75) is 33.6 Å². The molecule has 0 unspecified atom stereocenters. The van der Waals surface area contributed by atoms with Crippen molar-refractivity contribution in [3.63, 3.8) is 0 Å². The fraction of sp³-hybridized carbons (Fsp3) is 0.240. The molecule has 33 heavy (non-hydrogen) atoms. The highest BCUT2D eigenvalue weighted by Gasteiger charge is 2.33. The largest absolute Gasteiger partial charge is 0.493 e. The normalized spacial score (nSPS) is 11.2. The summed E-state index contributed by atoms with van der Waals surface area (Å²) in [6.45, 7) is 6.36. The number of carbonyl (C=O) groups excluding carboxylic acids is 1. The van der Waals surface area contributed by atoms with Crippen molar-refractivity contribution in [2.75, 3.05) is 11.9 Å². The third kappa shape index (κ3) is 6.42. The summed E-state index contributed by atoms with van der Waals surface area (Å²) < 4.78 is 50.9. The zero-order valence-corrected chi connectivity index (χ0v) is 19.1. The van der Waals surface area contributed by atoms with E-state index >= 15 is 0 Å². The van der Waals surface area contributed by atoms with Crippen LogP contribution in [-0.4, -0.2) is 12.5 Å². The van der Waals surface area contributed by atoms with Crippen LogP contribution in [0.4, 0.5) is 18.9 Å². The highest BCUT2D eigenvalue weighted by atomic mass is 35.5. The second-order valence-electron chi connectivity index (χ2n) is 7.51. The van der Waals surface area contributed by atoms with Gasteiger partial charge in [-0.15, -0.1) is 0 Å². The Bertz CT molecular complexity index is 1140. The van der Waals surface area contributed by atoms with E-state index in [0.717, 1.165) is 23.3 Å². The molecule has 0 heterocycles. The molecule has 3 aromatic rings. The molecular formula is C25H23ClF3NO3. The molecule has 0 saturated heterocycles. The molecule has 0 atom stereocenters. The number of nitrogens with one attached hydrogen (secondary N) is 1. The molecule has 0 aliphatic rings. The SMILES string of the molecule is CCOc1ccc(C(=O)Nc2ccc(Cl)c(C(F)(F)F)c2)cc1COc1cc(C)cc(C)c1. The van der Waals surface area contributed by atoms with Gasteiger partial charge in [-0.25, -0.2) is 0 Å². The van der Waals surface area contributed by atoms with Gasteiger partial charge in [-0.05, 0) is 80.4 Å². The van der Waals surface area contributed by atoms with E-state index in [1.807, 2.05) is 39.0 Å². The molecule has 4 nitrogen and oxygen atoms in total. The Labute approximate surface area is 195 Å². The summed E-state index contributed by atoms with van der Waals surface area (Å²) in [7, 11) is 0. The minimum atomic E-state index is -4.63. The van der Waals surface area contributed by atoms with Gasteiger partial charge in [-0.2, -0.15) is 13.2 Å². The van der Waals surface area contributed by atoms with E-state index in [9.17, 15) is 18.0 Å². The van der Waals surface area contributed by atoms with Crippen LogP contribution in [0.5, 0.6) is 11.5 Å². The molecule has 0 aliphatic heterocycles. The second-order valence-corrected chi connectivity index (χ2v) is 7.92. The van der Waals surface area contributed by atoms with Crippen LogP contribution in [0.25, 0.3) is 0 Å². The van der Waals surface area contributed by atoms with E-state index < -0.39 is 22.7 Å². The lowest BCUT2D eigenvalue weighted by Crippen LogP contribution is -2.14. The van der Waals surface area contributed by atoms with Crippen molar-refractivity contribution in [3.05, 3.63) is 87.4 Å². The van der Waals surface area contributed by atoms with Crippen molar-refractivity contribution in [1.29, 1.82) is 0 Å². The van der Waals surface area contributed by atoms with Gasteiger partial charge >= 0.3 is 6.18 Å². The number of anilines is 1. The van der Waals surface area contributed by atoms with E-state index in [1.165, 1.54) is 6.07 Å². The topological polar surface area (TPSA) is 47.6 Å². The van der Waals surface area contributed by atoms with Gasteiger partial charge in [0.2, 0.25) is 0 Å². The molecule has 0 aliphatic carbocycles. The first-order chi connectivity index (χ1) is 15.6. The maximum atomic E-state index is 13.1. The molecule has 0 fully saturated rings. The minimum Gasteiger partial charge on any atom is -0.493 e. The lowest BCUT2D eigenvalue weighted by Gasteiger charge is -2.15. The third-order valence-corrected chi connectivity index (χ3v) is 5.07. The van der Waals surface area contributed by atoms with Crippen molar-refractivity contribution in [3.8, 4) is 11.5 Å². The monoisotopic (exact) mass is 477 g/mol. The van der Waals surface area contributed by atoms with Gasteiger partial charge in [0.1, 0.15) is 18.1 Å². The van der Waals surface area contributed by atoms with E-state index in [4.69, 9.17) is 21.1 Å². The van der Waals surface area contributed by atoms with Crippen LogP contribution in [0.2, 0.25) is 5.02 Å². The summed E-state index contributed by atoms with van der Waals surface area (Å²) in [5.74, 6) is 0.677. The number of ether oxygens (including phenoxy) is 2. The number of aryl methyl sites for hydroxylation is 2. The van der Waals surface area contributed by atoms with Gasteiger partial charge < -0.3 is 14.8 Å². The number of rotatable bonds is 7. The molecule has 0 radical (unpaired) electrons. The van der Waals surface area contributed by atoms with Gasteiger partial charge in [0.15, 0.2) is 0 Å². The average molecular weight is 478 g/mol. The molecule has 0 aromatic heterocycles. The smallest absolute Gasteiger partial charge is 0.417 e. The van der Waals surface area contributed by atoms with Crippen molar-refractivity contribution in [2.24, 2.45) is 0 Å². The van der Waals surface area contributed by atoms with Crippen molar-refractivity contribution >= 4 is 23.2 Å². The first-order valence-electron chi connectivity index (χ1n) is 10.2. The van der Waals surface area contributed by atoms with Gasteiger partial charge in [-0.3, -0.25) is 4.79 Å². The van der Waals surface area contributed by atoms with Crippen molar-refractivity contribution < 1.29 is 27.4 Å². The number of hydrogen-bond acceptors (Lipinski definition) is 3. The number of alkyl halides is 3. The molecular weight excluding hydrogens is 455 g/mol. The summed E-state index contributed by atoms with van der Waals surface area (Å²) in [5, 5.41) is 2.05. The highest BCUT2D eigenvalue weighted by molar-refractivity contribution is 6.31. The maximum absolute atomic E-state index is 13.1. The first-order valence-corrected chi connectivity index (χ1v) is 10.6. The zero-order chi connectivity index (χ0) is 24.2. The quantitative estimate of drug-likeness (QED) is 0.391. The molecule has 0 bridgehead atoms. The van der Waals surface area contributed by atoms with Crippen LogP contribution in [0, 0.1) is 13.8 Å². The molecule has 174 valence electrons. The standard InChI is InChI=1S/C25H23ClF3NO3/c1-4-32-23-8-5-17(12-18(23)14-33-20-10-15(2)9-16(3)11-20)24(31)30-19-6-7-22(26)21(13-19)25(27,28)29/h5-13H,4,14H2,1-3H3,(H,30,31). The Kier molecular flexibility index (Phi) is 7.53. The molecule has 8 heteroatoms. The predicted octanol–water partition coefficient (Wildman–Crippen LogP) is 7.21. The summed E-state index contributed by atoms with van der Waals surface area (Å²) in [4.78, 5) is 12.7. The van der Waals surface area contributed by atoms with Crippen LogP contribution < -0.4 is 14.8 Å². The number of hydrogen-bond donors (Lipinski definition) is 1. The van der Waals surface area contributed by atoms with Gasteiger partial charge in [0.25, 0.3) is 5.91 Å². The summed E-state index contributed by atoms with van der Waals surface area (Å²) in [5.41, 5.74) is 1.97. The van der Waals surface area contributed by atoms with Crippen LogP contribution in [0.15, 0.2) is 54.6 Å². The third-order valence-electron chi connectivity index (χ3n) is 4.74. The number of halogens is 4. The molecule has 3 aromatic carbocycles. The van der Waals surface area contributed by atoms with E-state index in [2.05, 4.69) is 5.32 Å². The van der Waals surface area contributed by atoms with E-state index in [-0.39, 0.29) is 17.9 Å². The zero-order valence-electron chi connectivity index (χ0n) is 18.3. The predicted molar refractivity (Wildman–Crippen MR) is 122 cm³/mol. The fourth-order valence-electron chi connectivity index (χ4n) is 3.33.